The first-order valence-electron chi connectivity index (χ1n) is 11.0. The predicted molar refractivity (Wildman–Crippen MR) is 126 cm³/mol. The Morgan fingerprint density at radius 1 is 1.03 bits per heavy atom. The molecule has 3 aromatic rings. The molecule has 0 aromatic carbocycles. The molecule has 0 unspecified atom stereocenters. The Bertz CT molecular complexity index is 1100. The van der Waals surface area contributed by atoms with Gasteiger partial charge in [0.05, 0.1) is 29.7 Å². The van der Waals surface area contributed by atoms with Crippen LogP contribution in [0.15, 0.2) is 35.6 Å². The normalized spacial score (nSPS) is 18.5. The number of hydrogen-bond acceptors (Lipinski definition) is 7. The minimum Gasteiger partial charge on any atom is -0.368 e. The Labute approximate surface area is 183 Å². The van der Waals surface area contributed by atoms with E-state index in [1.807, 2.05) is 24.7 Å². The van der Waals surface area contributed by atoms with E-state index in [4.69, 9.17) is 4.98 Å². The number of anilines is 3. The molecule has 0 amide bonds. The van der Waals surface area contributed by atoms with E-state index in [-0.39, 0.29) is 5.54 Å². The molecule has 2 aliphatic heterocycles. The lowest BCUT2D eigenvalue weighted by atomic mass is 10.0. The molecule has 162 valence electrons. The van der Waals surface area contributed by atoms with E-state index >= 15 is 0 Å². The summed E-state index contributed by atoms with van der Waals surface area (Å²) in [5.74, 6) is 1.30. The quantitative estimate of drug-likeness (QED) is 0.701. The highest BCUT2D eigenvalue weighted by Crippen LogP contribution is 2.29. The molecular formula is C23H30N8. The number of piperazine rings is 1. The van der Waals surface area contributed by atoms with Gasteiger partial charge in [0.1, 0.15) is 11.5 Å². The fourth-order valence-corrected chi connectivity index (χ4v) is 4.49. The van der Waals surface area contributed by atoms with Crippen LogP contribution in [0.2, 0.25) is 0 Å². The molecule has 5 heterocycles. The molecule has 3 aromatic heterocycles. The summed E-state index contributed by atoms with van der Waals surface area (Å²) < 4.78 is 2.25. The molecule has 1 fully saturated rings. The molecule has 31 heavy (non-hydrogen) atoms. The van der Waals surface area contributed by atoms with Crippen LogP contribution >= 0.6 is 0 Å². The van der Waals surface area contributed by atoms with E-state index < -0.39 is 0 Å². The zero-order valence-corrected chi connectivity index (χ0v) is 18.7. The molecule has 2 aliphatic rings. The third kappa shape index (κ3) is 3.76. The van der Waals surface area contributed by atoms with E-state index in [1.54, 1.807) is 0 Å². The Balaban J connectivity index is 1.33. The van der Waals surface area contributed by atoms with Crippen molar-refractivity contribution in [2.75, 3.05) is 42.9 Å². The monoisotopic (exact) mass is 418 g/mol. The van der Waals surface area contributed by atoms with Crippen molar-refractivity contribution in [3.05, 3.63) is 36.3 Å². The average Bonchev–Trinajstić information content (AvgIpc) is 3.13. The van der Waals surface area contributed by atoms with Gasteiger partial charge in [-0.05, 0) is 45.9 Å². The van der Waals surface area contributed by atoms with Crippen LogP contribution in [-0.4, -0.2) is 69.4 Å². The minimum absolute atomic E-state index is 0.114. The van der Waals surface area contributed by atoms with Crippen molar-refractivity contribution in [2.24, 2.45) is 4.99 Å². The van der Waals surface area contributed by atoms with E-state index in [0.29, 0.717) is 12.0 Å². The molecule has 0 spiro atoms. The highest BCUT2D eigenvalue weighted by molar-refractivity contribution is 5.90. The van der Waals surface area contributed by atoms with Gasteiger partial charge >= 0.3 is 0 Å². The smallest absolute Gasteiger partial charge is 0.230 e. The Morgan fingerprint density at radius 3 is 2.55 bits per heavy atom. The molecular weight excluding hydrogens is 388 g/mol. The second kappa shape index (κ2) is 7.60. The van der Waals surface area contributed by atoms with E-state index in [9.17, 15) is 0 Å². The fraction of sp³-hybridized carbons (Fsp3) is 0.478. The molecule has 1 N–H and O–H groups in total. The maximum absolute atomic E-state index is 4.80. The number of nitrogens with zero attached hydrogens (tertiary/aromatic N) is 7. The number of nitrogens with one attached hydrogen (secondary N) is 1. The zero-order chi connectivity index (χ0) is 21.6. The maximum Gasteiger partial charge on any atom is 0.230 e. The van der Waals surface area contributed by atoms with Gasteiger partial charge in [-0.3, -0.25) is 9.89 Å². The predicted octanol–water partition coefficient (Wildman–Crippen LogP) is 3.27. The van der Waals surface area contributed by atoms with Gasteiger partial charge in [-0.1, -0.05) is 0 Å². The highest BCUT2D eigenvalue weighted by atomic mass is 15.3. The molecule has 8 nitrogen and oxygen atoms in total. The van der Waals surface area contributed by atoms with Crippen molar-refractivity contribution in [1.29, 1.82) is 0 Å². The summed E-state index contributed by atoms with van der Waals surface area (Å²) >= 11 is 0. The van der Waals surface area contributed by atoms with Gasteiger partial charge in [0.25, 0.3) is 0 Å². The summed E-state index contributed by atoms with van der Waals surface area (Å²) in [4.78, 5) is 23.3. The molecule has 0 aliphatic carbocycles. The van der Waals surface area contributed by atoms with Crippen LogP contribution in [0.5, 0.6) is 0 Å². The molecule has 0 bridgehead atoms. The number of fused-ring (bicyclic) bond motifs is 3. The number of rotatable bonds is 4. The molecule has 0 saturated carbocycles. The molecule has 1 saturated heterocycles. The Kier molecular flexibility index (Phi) is 4.89. The van der Waals surface area contributed by atoms with Gasteiger partial charge in [-0.25, -0.2) is 9.97 Å². The van der Waals surface area contributed by atoms with Crippen molar-refractivity contribution in [3.63, 3.8) is 0 Å². The summed E-state index contributed by atoms with van der Waals surface area (Å²) in [7, 11) is 0. The summed E-state index contributed by atoms with van der Waals surface area (Å²) in [6.45, 7) is 13.9. The van der Waals surface area contributed by atoms with Crippen LogP contribution in [-0.2, 0) is 5.54 Å². The summed E-state index contributed by atoms with van der Waals surface area (Å²) in [6.07, 6.45) is 5.72. The van der Waals surface area contributed by atoms with Crippen LogP contribution in [0.4, 0.5) is 17.5 Å². The summed E-state index contributed by atoms with van der Waals surface area (Å²) in [5, 5.41) is 4.28. The number of pyridine rings is 1. The van der Waals surface area contributed by atoms with Crippen molar-refractivity contribution in [2.45, 2.75) is 39.3 Å². The van der Waals surface area contributed by atoms with Crippen molar-refractivity contribution >= 4 is 34.7 Å². The van der Waals surface area contributed by atoms with Gasteiger partial charge in [-0.2, -0.15) is 4.98 Å². The lowest BCUT2D eigenvalue weighted by Gasteiger charge is -2.38. The van der Waals surface area contributed by atoms with E-state index in [2.05, 4.69) is 74.5 Å². The summed E-state index contributed by atoms with van der Waals surface area (Å²) in [5.41, 5.74) is 3.03. The first-order chi connectivity index (χ1) is 14.9. The van der Waals surface area contributed by atoms with Crippen molar-refractivity contribution in [1.82, 2.24) is 24.4 Å². The molecule has 0 atom stereocenters. The van der Waals surface area contributed by atoms with Crippen molar-refractivity contribution in [3.8, 4) is 0 Å². The van der Waals surface area contributed by atoms with E-state index in [1.165, 1.54) is 0 Å². The van der Waals surface area contributed by atoms with Gasteiger partial charge in [-0.15, -0.1) is 0 Å². The number of aromatic nitrogens is 4. The maximum atomic E-state index is 4.80. The van der Waals surface area contributed by atoms with Crippen LogP contribution in [0, 0.1) is 0 Å². The largest absolute Gasteiger partial charge is 0.368 e. The van der Waals surface area contributed by atoms with Crippen LogP contribution in [0.3, 0.4) is 0 Å². The second-order valence-corrected chi connectivity index (χ2v) is 9.30. The SMILES string of the molecule is CC(C)N1CCN(c2ccc(Nc3ncc4cc5n(c4n3)C(C)(C)CN=C5)nc2)CC1. The van der Waals surface area contributed by atoms with Gasteiger partial charge in [0, 0.05) is 50.0 Å². The lowest BCUT2D eigenvalue weighted by Crippen LogP contribution is -2.48. The van der Waals surface area contributed by atoms with Crippen LogP contribution in [0.1, 0.15) is 33.4 Å². The standard InChI is InChI=1S/C23H30N8/c1-16(2)29-7-9-30(10-8-29)18-5-6-20(25-14-18)27-22-26-12-17-11-19-13-24-15-23(3,4)31(19)21(17)28-22/h5-6,11-14,16H,7-10,15H2,1-4H3,(H,25,26,27,28). The summed E-state index contributed by atoms with van der Waals surface area (Å²) in [6, 6.07) is 6.82. The average molecular weight is 419 g/mol. The zero-order valence-electron chi connectivity index (χ0n) is 18.7. The van der Waals surface area contributed by atoms with Gasteiger partial charge in [0.15, 0.2) is 0 Å². The lowest BCUT2D eigenvalue weighted by molar-refractivity contribution is 0.209. The van der Waals surface area contributed by atoms with Gasteiger partial charge < -0.3 is 14.8 Å². The topological polar surface area (TPSA) is 74.5 Å². The first-order valence-corrected chi connectivity index (χ1v) is 11.0. The number of hydrogen-bond donors (Lipinski definition) is 1. The van der Waals surface area contributed by atoms with Crippen LogP contribution < -0.4 is 10.2 Å². The third-order valence-electron chi connectivity index (χ3n) is 6.27. The fourth-order valence-electron chi connectivity index (χ4n) is 4.49. The Hall–Kier alpha value is -3.00. The minimum atomic E-state index is -0.114. The highest BCUT2D eigenvalue weighted by Gasteiger charge is 2.28. The van der Waals surface area contributed by atoms with Gasteiger partial charge in [0.2, 0.25) is 5.95 Å². The van der Waals surface area contributed by atoms with E-state index in [0.717, 1.165) is 61.0 Å². The molecule has 8 heteroatoms. The third-order valence-corrected chi connectivity index (χ3v) is 6.27. The first kappa shape index (κ1) is 19.9. The molecule has 0 radical (unpaired) electrons. The Morgan fingerprint density at radius 2 is 1.84 bits per heavy atom. The van der Waals surface area contributed by atoms with Crippen LogP contribution in [0.25, 0.3) is 11.0 Å². The molecule has 5 rings (SSSR count). The number of aliphatic imine (C=N–C) groups is 1. The van der Waals surface area contributed by atoms with Crippen molar-refractivity contribution < 1.29 is 0 Å². The second-order valence-electron chi connectivity index (χ2n) is 9.30.